The number of ether oxygens (including phenoxy) is 1. The van der Waals surface area contributed by atoms with E-state index in [-0.39, 0.29) is 0 Å². The van der Waals surface area contributed by atoms with Crippen LogP contribution in [0.1, 0.15) is 5.56 Å². The number of nitrogens with zero attached hydrogens (tertiary/aromatic N) is 1. The molecule has 1 aromatic rings. The molecule has 0 saturated carbocycles. The highest BCUT2D eigenvalue weighted by Crippen LogP contribution is 2.16. The molecule has 2 rings (SSSR count). The van der Waals surface area contributed by atoms with Crippen LogP contribution < -0.4 is 0 Å². The van der Waals surface area contributed by atoms with Gasteiger partial charge in [-0.05, 0) is 31.2 Å². The SMILES string of the molecule is CN1CCOC[C@@H]1Cc1cccc(Br)c1. The van der Waals surface area contributed by atoms with Gasteiger partial charge in [-0.25, -0.2) is 0 Å². The highest BCUT2D eigenvalue weighted by Gasteiger charge is 2.19. The van der Waals surface area contributed by atoms with E-state index in [1.165, 1.54) is 5.56 Å². The maximum Gasteiger partial charge on any atom is 0.0625 e. The van der Waals surface area contributed by atoms with Gasteiger partial charge in [0, 0.05) is 17.1 Å². The molecule has 1 aliphatic heterocycles. The van der Waals surface area contributed by atoms with Gasteiger partial charge in [0.1, 0.15) is 0 Å². The second kappa shape index (κ2) is 5.10. The van der Waals surface area contributed by atoms with Crippen LogP contribution in [0.4, 0.5) is 0 Å². The predicted octanol–water partition coefficient (Wildman–Crippen LogP) is 2.32. The Kier molecular flexibility index (Phi) is 3.78. The highest BCUT2D eigenvalue weighted by molar-refractivity contribution is 9.10. The summed E-state index contributed by atoms with van der Waals surface area (Å²) in [6.45, 7) is 2.76. The van der Waals surface area contributed by atoms with E-state index in [2.05, 4.69) is 52.1 Å². The standard InChI is InChI=1S/C12H16BrNO/c1-14-5-6-15-9-12(14)8-10-3-2-4-11(13)7-10/h2-4,7,12H,5-6,8-9H2,1H3/t12-/m0/s1. The van der Waals surface area contributed by atoms with Crippen molar-refractivity contribution in [2.24, 2.45) is 0 Å². The fraction of sp³-hybridized carbons (Fsp3) is 0.500. The summed E-state index contributed by atoms with van der Waals surface area (Å²) in [6.07, 6.45) is 1.07. The van der Waals surface area contributed by atoms with Gasteiger partial charge < -0.3 is 4.74 Å². The first-order chi connectivity index (χ1) is 7.25. The summed E-state index contributed by atoms with van der Waals surface area (Å²) >= 11 is 3.50. The molecule has 0 spiro atoms. The molecule has 0 bridgehead atoms. The van der Waals surface area contributed by atoms with Crippen LogP contribution in [0.2, 0.25) is 0 Å². The number of hydrogen-bond donors (Lipinski definition) is 0. The van der Waals surface area contributed by atoms with Gasteiger partial charge in [-0.1, -0.05) is 28.1 Å². The molecular formula is C12H16BrNO. The highest BCUT2D eigenvalue weighted by atomic mass is 79.9. The van der Waals surface area contributed by atoms with Crippen molar-refractivity contribution in [1.82, 2.24) is 4.90 Å². The van der Waals surface area contributed by atoms with Gasteiger partial charge in [-0.3, -0.25) is 4.90 Å². The van der Waals surface area contributed by atoms with E-state index >= 15 is 0 Å². The van der Waals surface area contributed by atoms with Gasteiger partial charge in [0.05, 0.1) is 13.2 Å². The van der Waals surface area contributed by atoms with Crippen molar-refractivity contribution < 1.29 is 4.74 Å². The van der Waals surface area contributed by atoms with Crippen molar-refractivity contribution in [2.75, 3.05) is 26.8 Å². The van der Waals surface area contributed by atoms with E-state index < -0.39 is 0 Å². The van der Waals surface area contributed by atoms with Crippen LogP contribution in [-0.4, -0.2) is 37.7 Å². The maximum absolute atomic E-state index is 5.50. The third-order valence-corrected chi connectivity index (χ3v) is 3.38. The molecule has 2 nitrogen and oxygen atoms in total. The van der Waals surface area contributed by atoms with Gasteiger partial charge in [0.2, 0.25) is 0 Å². The first kappa shape index (κ1) is 11.1. The van der Waals surface area contributed by atoms with Crippen molar-refractivity contribution in [2.45, 2.75) is 12.5 Å². The zero-order valence-corrected chi connectivity index (χ0v) is 10.5. The smallest absolute Gasteiger partial charge is 0.0625 e. The fourth-order valence-electron chi connectivity index (χ4n) is 1.89. The molecule has 1 fully saturated rings. The lowest BCUT2D eigenvalue weighted by Gasteiger charge is -2.32. The Morgan fingerprint density at radius 2 is 2.40 bits per heavy atom. The van der Waals surface area contributed by atoms with Gasteiger partial charge in [-0.2, -0.15) is 0 Å². The van der Waals surface area contributed by atoms with E-state index in [1.807, 2.05) is 0 Å². The average Bonchev–Trinajstić information content (AvgIpc) is 2.22. The molecule has 1 heterocycles. The third-order valence-electron chi connectivity index (χ3n) is 2.88. The van der Waals surface area contributed by atoms with Gasteiger partial charge in [0.25, 0.3) is 0 Å². The molecule has 1 saturated heterocycles. The lowest BCUT2D eigenvalue weighted by Crippen LogP contribution is -2.43. The lowest BCUT2D eigenvalue weighted by molar-refractivity contribution is 0.00624. The molecule has 82 valence electrons. The molecule has 0 radical (unpaired) electrons. The Hall–Kier alpha value is -0.380. The summed E-state index contributed by atoms with van der Waals surface area (Å²) in [4.78, 5) is 2.38. The summed E-state index contributed by atoms with van der Waals surface area (Å²) in [7, 11) is 2.17. The summed E-state index contributed by atoms with van der Waals surface area (Å²) in [5.41, 5.74) is 1.37. The molecule has 1 atom stereocenters. The zero-order valence-electron chi connectivity index (χ0n) is 8.95. The Morgan fingerprint density at radius 3 is 3.13 bits per heavy atom. The van der Waals surface area contributed by atoms with Gasteiger partial charge in [0.15, 0.2) is 0 Å². The Bertz CT molecular complexity index is 329. The van der Waals surface area contributed by atoms with E-state index in [1.54, 1.807) is 0 Å². The second-order valence-electron chi connectivity index (χ2n) is 4.04. The van der Waals surface area contributed by atoms with E-state index in [9.17, 15) is 0 Å². The topological polar surface area (TPSA) is 12.5 Å². The number of rotatable bonds is 2. The molecular weight excluding hydrogens is 254 g/mol. The molecule has 0 N–H and O–H groups in total. The lowest BCUT2D eigenvalue weighted by atomic mass is 10.1. The Labute approximate surface area is 99.4 Å². The van der Waals surface area contributed by atoms with Crippen LogP contribution in [0, 0.1) is 0 Å². The van der Waals surface area contributed by atoms with Crippen LogP contribution in [0.3, 0.4) is 0 Å². The van der Waals surface area contributed by atoms with Crippen molar-refractivity contribution in [3.63, 3.8) is 0 Å². The maximum atomic E-state index is 5.50. The molecule has 0 aromatic heterocycles. The Balaban J connectivity index is 2.01. The van der Waals surface area contributed by atoms with Gasteiger partial charge in [-0.15, -0.1) is 0 Å². The molecule has 1 aliphatic rings. The largest absolute Gasteiger partial charge is 0.378 e. The van der Waals surface area contributed by atoms with Crippen LogP contribution in [0.25, 0.3) is 0 Å². The first-order valence-corrected chi connectivity index (χ1v) is 6.07. The summed E-state index contributed by atoms with van der Waals surface area (Å²) in [5, 5.41) is 0. The monoisotopic (exact) mass is 269 g/mol. The Morgan fingerprint density at radius 1 is 1.53 bits per heavy atom. The fourth-order valence-corrected chi connectivity index (χ4v) is 2.34. The summed E-state index contributed by atoms with van der Waals surface area (Å²) in [6, 6.07) is 9.02. The number of halogens is 1. The first-order valence-electron chi connectivity index (χ1n) is 5.28. The van der Waals surface area contributed by atoms with Gasteiger partial charge >= 0.3 is 0 Å². The minimum atomic E-state index is 0.521. The minimum Gasteiger partial charge on any atom is -0.378 e. The molecule has 3 heteroatoms. The predicted molar refractivity (Wildman–Crippen MR) is 65.1 cm³/mol. The molecule has 15 heavy (non-hydrogen) atoms. The summed E-state index contributed by atoms with van der Waals surface area (Å²) in [5.74, 6) is 0. The quantitative estimate of drug-likeness (QED) is 0.817. The second-order valence-corrected chi connectivity index (χ2v) is 4.96. The molecule has 0 aliphatic carbocycles. The van der Waals surface area contributed by atoms with Crippen LogP contribution in [0.5, 0.6) is 0 Å². The molecule has 0 unspecified atom stereocenters. The van der Waals surface area contributed by atoms with Crippen molar-refractivity contribution in [3.8, 4) is 0 Å². The van der Waals surface area contributed by atoms with Crippen LogP contribution in [-0.2, 0) is 11.2 Å². The van der Waals surface area contributed by atoms with E-state index in [0.717, 1.165) is 30.7 Å². The minimum absolute atomic E-state index is 0.521. The van der Waals surface area contributed by atoms with Crippen molar-refractivity contribution in [1.29, 1.82) is 0 Å². The number of hydrogen-bond acceptors (Lipinski definition) is 2. The van der Waals surface area contributed by atoms with Crippen LogP contribution in [0.15, 0.2) is 28.7 Å². The zero-order chi connectivity index (χ0) is 10.7. The number of benzene rings is 1. The number of likely N-dealkylation sites (N-methyl/N-ethyl adjacent to an activating group) is 1. The van der Waals surface area contributed by atoms with E-state index in [0.29, 0.717) is 6.04 Å². The third kappa shape index (κ3) is 3.03. The molecule has 0 amide bonds. The van der Waals surface area contributed by atoms with Crippen molar-refractivity contribution in [3.05, 3.63) is 34.3 Å². The normalized spacial score (nSPS) is 22.9. The summed E-state index contributed by atoms with van der Waals surface area (Å²) < 4.78 is 6.65. The molecule has 1 aromatic carbocycles. The van der Waals surface area contributed by atoms with Crippen molar-refractivity contribution >= 4 is 15.9 Å². The van der Waals surface area contributed by atoms with E-state index in [4.69, 9.17) is 4.74 Å². The van der Waals surface area contributed by atoms with Crippen LogP contribution >= 0.6 is 15.9 Å². The number of morpholine rings is 1. The average molecular weight is 270 g/mol.